The average Bonchev–Trinajstić information content (AvgIpc) is 2.39. The number of amides is 2. The molecule has 108 valence electrons. The number of anilines is 1. The van der Waals surface area contributed by atoms with Crippen molar-refractivity contribution in [1.29, 1.82) is 0 Å². The summed E-state index contributed by atoms with van der Waals surface area (Å²) in [4.78, 5) is 24.7. The fraction of sp³-hybridized carbons (Fsp3) is 0.467. The van der Waals surface area contributed by atoms with Gasteiger partial charge in [-0.3, -0.25) is 9.59 Å². The quantitative estimate of drug-likeness (QED) is 0.857. The zero-order valence-electron chi connectivity index (χ0n) is 11.7. The van der Waals surface area contributed by atoms with Crippen molar-refractivity contribution in [1.82, 2.24) is 5.32 Å². The van der Waals surface area contributed by atoms with Gasteiger partial charge in [0.2, 0.25) is 12.3 Å². The number of rotatable bonds is 4. The lowest BCUT2D eigenvalue weighted by atomic mass is 9.89. The number of carbonyl (C=O) groups is 2. The van der Waals surface area contributed by atoms with E-state index in [1.54, 1.807) is 6.92 Å². The van der Waals surface area contributed by atoms with Crippen molar-refractivity contribution in [2.75, 3.05) is 4.90 Å². The van der Waals surface area contributed by atoms with Crippen LogP contribution < -0.4 is 10.2 Å². The van der Waals surface area contributed by atoms with Crippen LogP contribution in [0.2, 0.25) is 0 Å². The number of hydrogen-bond donors (Lipinski definition) is 1. The summed E-state index contributed by atoms with van der Waals surface area (Å²) in [5, 5.41) is 2.88. The second-order valence-electron chi connectivity index (χ2n) is 5.11. The largest absolute Gasteiger partial charge is 0.352 e. The van der Waals surface area contributed by atoms with Gasteiger partial charge in [0.15, 0.2) is 0 Å². The summed E-state index contributed by atoms with van der Waals surface area (Å²) in [7, 11) is 0. The van der Waals surface area contributed by atoms with Crippen LogP contribution in [0.1, 0.15) is 44.7 Å². The fourth-order valence-electron chi connectivity index (χ4n) is 2.97. The van der Waals surface area contributed by atoms with E-state index in [1.165, 1.54) is 0 Å². The summed E-state index contributed by atoms with van der Waals surface area (Å²) in [6.07, 6.45) is 3.44. The Morgan fingerprint density at radius 3 is 2.90 bits per heavy atom. The Balaban J connectivity index is 2.49. The standard InChI is InChI=1S/C15H19BrN2O2/c1-3-4-12-8-14(17-9-19)13-7-11(16)5-6-15(13)18(12)10(2)20/h5-7,9,12,14H,3-4,8H2,1-2H3,(H,17,19)/t12-,14+/m1/s1. The third kappa shape index (κ3) is 2.87. The molecule has 2 atom stereocenters. The van der Waals surface area contributed by atoms with Gasteiger partial charge in [-0.1, -0.05) is 29.3 Å². The SMILES string of the molecule is CCC[C@@H]1C[C@H](NC=O)c2cc(Br)ccc2N1C(C)=O. The number of nitrogens with one attached hydrogen (secondary N) is 1. The first-order valence-electron chi connectivity index (χ1n) is 6.87. The molecule has 0 saturated carbocycles. The maximum Gasteiger partial charge on any atom is 0.224 e. The Morgan fingerprint density at radius 1 is 1.55 bits per heavy atom. The molecule has 0 bridgehead atoms. The third-order valence-electron chi connectivity index (χ3n) is 3.73. The van der Waals surface area contributed by atoms with Gasteiger partial charge in [0.25, 0.3) is 0 Å². The van der Waals surface area contributed by atoms with Crippen molar-refractivity contribution in [2.24, 2.45) is 0 Å². The number of nitrogens with zero attached hydrogens (tertiary/aromatic N) is 1. The molecule has 4 nitrogen and oxygen atoms in total. The van der Waals surface area contributed by atoms with Crippen molar-refractivity contribution >= 4 is 33.9 Å². The molecule has 0 aliphatic carbocycles. The normalized spacial score (nSPS) is 21.2. The second kappa shape index (κ2) is 6.39. The Kier molecular flexibility index (Phi) is 4.81. The first kappa shape index (κ1) is 15.0. The maximum atomic E-state index is 12.0. The molecule has 0 radical (unpaired) electrons. The van der Waals surface area contributed by atoms with Crippen LogP contribution in [0.4, 0.5) is 5.69 Å². The lowest BCUT2D eigenvalue weighted by Crippen LogP contribution is -2.45. The minimum Gasteiger partial charge on any atom is -0.352 e. The zero-order chi connectivity index (χ0) is 14.7. The molecular weight excluding hydrogens is 320 g/mol. The van der Waals surface area contributed by atoms with Crippen molar-refractivity contribution in [2.45, 2.75) is 45.2 Å². The van der Waals surface area contributed by atoms with Crippen LogP contribution in [0.15, 0.2) is 22.7 Å². The minimum absolute atomic E-state index is 0.0350. The van der Waals surface area contributed by atoms with Crippen molar-refractivity contribution < 1.29 is 9.59 Å². The van der Waals surface area contributed by atoms with Crippen LogP contribution >= 0.6 is 15.9 Å². The van der Waals surface area contributed by atoms with Gasteiger partial charge >= 0.3 is 0 Å². The van der Waals surface area contributed by atoms with Crippen LogP contribution in [0.25, 0.3) is 0 Å². The Labute approximate surface area is 127 Å². The van der Waals surface area contributed by atoms with E-state index in [4.69, 9.17) is 0 Å². The summed E-state index contributed by atoms with van der Waals surface area (Å²) in [6, 6.07) is 5.97. The molecule has 1 aromatic rings. The van der Waals surface area contributed by atoms with Gasteiger partial charge in [-0.15, -0.1) is 0 Å². The summed E-state index contributed by atoms with van der Waals surface area (Å²) in [6.45, 7) is 3.71. The monoisotopic (exact) mass is 338 g/mol. The minimum atomic E-state index is -0.0350. The van der Waals surface area contributed by atoms with E-state index in [0.29, 0.717) is 0 Å². The van der Waals surface area contributed by atoms with E-state index in [-0.39, 0.29) is 18.0 Å². The van der Waals surface area contributed by atoms with Gasteiger partial charge in [-0.2, -0.15) is 0 Å². The fourth-order valence-corrected chi connectivity index (χ4v) is 3.35. The van der Waals surface area contributed by atoms with Gasteiger partial charge in [0, 0.05) is 23.1 Å². The lowest BCUT2D eigenvalue weighted by Gasteiger charge is -2.40. The van der Waals surface area contributed by atoms with E-state index in [2.05, 4.69) is 28.2 Å². The van der Waals surface area contributed by atoms with Crippen molar-refractivity contribution in [3.05, 3.63) is 28.2 Å². The maximum absolute atomic E-state index is 12.0. The molecule has 1 aliphatic rings. The number of benzene rings is 1. The Bertz CT molecular complexity index is 519. The zero-order valence-corrected chi connectivity index (χ0v) is 13.3. The Hall–Kier alpha value is -1.36. The molecule has 1 heterocycles. The summed E-state index contributed by atoms with van der Waals surface area (Å²) in [5.74, 6) is 0.0524. The molecule has 0 fully saturated rings. The number of fused-ring (bicyclic) bond motifs is 1. The molecule has 0 aromatic heterocycles. The van der Waals surface area contributed by atoms with E-state index in [0.717, 1.165) is 41.4 Å². The summed E-state index contributed by atoms with van der Waals surface area (Å²) >= 11 is 3.45. The van der Waals surface area contributed by atoms with Crippen LogP contribution in [-0.2, 0) is 9.59 Å². The molecule has 0 spiro atoms. The van der Waals surface area contributed by atoms with Gasteiger partial charge in [-0.05, 0) is 36.6 Å². The lowest BCUT2D eigenvalue weighted by molar-refractivity contribution is -0.117. The number of carbonyl (C=O) groups excluding carboxylic acids is 2. The van der Waals surface area contributed by atoms with E-state index < -0.39 is 0 Å². The van der Waals surface area contributed by atoms with Crippen LogP contribution in [0.3, 0.4) is 0 Å². The molecule has 1 N–H and O–H groups in total. The molecule has 1 aromatic carbocycles. The van der Waals surface area contributed by atoms with Crippen LogP contribution in [0.5, 0.6) is 0 Å². The van der Waals surface area contributed by atoms with Crippen LogP contribution in [-0.4, -0.2) is 18.4 Å². The predicted molar refractivity (Wildman–Crippen MR) is 82.6 cm³/mol. The van der Waals surface area contributed by atoms with E-state index in [1.807, 2.05) is 23.1 Å². The smallest absolute Gasteiger partial charge is 0.224 e. The second-order valence-corrected chi connectivity index (χ2v) is 6.02. The molecule has 0 saturated heterocycles. The van der Waals surface area contributed by atoms with E-state index in [9.17, 15) is 9.59 Å². The summed E-state index contributed by atoms with van der Waals surface area (Å²) in [5.41, 5.74) is 1.90. The molecule has 1 aliphatic heterocycles. The highest BCUT2D eigenvalue weighted by Gasteiger charge is 2.34. The van der Waals surface area contributed by atoms with Crippen LogP contribution in [0, 0.1) is 0 Å². The highest BCUT2D eigenvalue weighted by molar-refractivity contribution is 9.10. The number of hydrogen-bond acceptors (Lipinski definition) is 2. The first-order chi connectivity index (χ1) is 9.58. The molecule has 2 rings (SSSR count). The Morgan fingerprint density at radius 2 is 2.30 bits per heavy atom. The number of halogens is 1. The van der Waals surface area contributed by atoms with Gasteiger partial charge in [-0.25, -0.2) is 0 Å². The van der Waals surface area contributed by atoms with Gasteiger partial charge < -0.3 is 10.2 Å². The molecule has 2 amide bonds. The third-order valence-corrected chi connectivity index (χ3v) is 4.22. The molecular formula is C15H19BrN2O2. The molecule has 20 heavy (non-hydrogen) atoms. The first-order valence-corrected chi connectivity index (χ1v) is 7.66. The molecule has 5 heteroatoms. The topological polar surface area (TPSA) is 49.4 Å². The van der Waals surface area contributed by atoms with Gasteiger partial charge in [0.1, 0.15) is 0 Å². The highest BCUT2D eigenvalue weighted by atomic mass is 79.9. The van der Waals surface area contributed by atoms with Gasteiger partial charge in [0.05, 0.1) is 6.04 Å². The average molecular weight is 339 g/mol. The summed E-state index contributed by atoms with van der Waals surface area (Å²) < 4.78 is 0.950. The van der Waals surface area contributed by atoms with Crippen molar-refractivity contribution in [3.8, 4) is 0 Å². The van der Waals surface area contributed by atoms with Crippen molar-refractivity contribution in [3.63, 3.8) is 0 Å². The highest BCUT2D eigenvalue weighted by Crippen LogP contribution is 2.39. The predicted octanol–water partition coefficient (Wildman–Crippen LogP) is 3.16. The molecule has 0 unspecified atom stereocenters. The van der Waals surface area contributed by atoms with E-state index >= 15 is 0 Å².